The maximum atomic E-state index is 13.5. The number of nitrogens with one attached hydrogen (secondary N) is 2. The highest BCUT2D eigenvalue weighted by molar-refractivity contribution is 6.30. The molecule has 2 saturated carbocycles. The summed E-state index contributed by atoms with van der Waals surface area (Å²) in [5, 5.41) is 7.15. The highest BCUT2D eigenvalue weighted by Crippen LogP contribution is 2.45. The third kappa shape index (κ3) is 3.96. The van der Waals surface area contributed by atoms with E-state index in [1.165, 1.54) is 0 Å². The normalized spacial score (nSPS) is 27.1. The quantitative estimate of drug-likeness (QED) is 0.646. The van der Waals surface area contributed by atoms with Gasteiger partial charge >= 0.3 is 0 Å². The number of carbonyl (C=O) groups is 2. The van der Waals surface area contributed by atoms with E-state index in [-0.39, 0.29) is 17.9 Å². The van der Waals surface area contributed by atoms with Gasteiger partial charge < -0.3 is 15.5 Å². The molecule has 1 aromatic heterocycles. The first kappa shape index (κ1) is 21.9. The summed E-state index contributed by atoms with van der Waals surface area (Å²) in [7, 11) is 0. The summed E-state index contributed by atoms with van der Waals surface area (Å²) >= 11 is 6.08. The monoisotopic (exact) mass is 478 g/mol. The van der Waals surface area contributed by atoms with Crippen LogP contribution in [-0.2, 0) is 10.2 Å². The number of fused-ring (bicyclic) bond motifs is 2. The molecule has 178 valence electrons. The van der Waals surface area contributed by atoms with Gasteiger partial charge in [-0.2, -0.15) is 0 Å². The molecule has 1 aromatic carbocycles. The van der Waals surface area contributed by atoms with Gasteiger partial charge in [0, 0.05) is 35.4 Å². The summed E-state index contributed by atoms with van der Waals surface area (Å²) in [6.45, 7) is 0. The number of piperidine rings is 1. The molecular formula is C27H31ClN4O2. The number of carbonyl (C=O) groups excluding carboxylic acids is 2. The molecule has 7 heteroatoms. The van der Waals surface area contributed by atoms with Gasteiger partial charge in [-0.15, -0.1) is 0 Å². The standard InChI is InChI=1S/C27H31ClN4O2/c28-19-5-3-18(4-6-19)27(12-1-13-27)26(34)31-21-14-22-9-10-23(15-21)32(22)24-11-2-17(16-29-24)25(33)30-20-7-8-20/h2-6,11,16,20-23H,1,7-10,12-15H2,(H,30,33)(H,31,34)/t21-,22+,23-. The van der Waals surface area contributed by atoms with E-state index >= 15 is 0 Å². The van der Waals surface area contributed by atoms with Gasteiger partial charge in [-0.1, -0.05) is 30.2 Å². The van der Waals surface area contributed by atoms with E-state index in [1.54, 1.807) is 6.20 Å². The van der Waals surface area contributed by atoms with Crippen LogP contribution in [0.4, 0.5) is 5.82 Å². The van der Waals surface area contributed by atoms with Crippen molar-refractivity contribution in [2.45, 2.75) is 87.4 Å². The topological polar surface area (TPSA) is 74.3 Å². The third-order valence-corrected chi connectivity index (χ3v) is 8.55. The number of pyridine rings is 1. The van der Waals surface area contributed by atoms with Gasteiger partial charge in [0.15, 0.2) is 0 Å². The third-order valence-electron chi connectivity index (χ3n) is 8.29. The predicted octanol–water partition coefficient (Wildman–Crippen LogP) is 4.37. The molecule has 2 aliphatic heterocycles. The first-order valence-corrected chi connectivity index (χ1v) is 13.0. The van der Waals surface area contributed by atoms with Crippen molar-refractivity contribution in [3.8, 4) is 0 Å². The van der Waals surface area contributed by atoms with E-state index in [4.69, 9.17) is 11.6 Å². The van der Waals surface area contributed by atoms with Crippen LogP contribution in [0.25, 0.3) is 0 Å². The minimum atomic E-state index is -0.404. The van der Waals surface area contributed by atoms with Crippen molar-refractivity contribution in [2.24, 2.45) is 0 Å². The molecule has 2 N–H and O–H groups in total. The number of anilines is 1. The lowest BCUT2D eigenvalue weighted by Crippen LogP contribution is -2.56. The Bertz CT molecular complexity index is 1060. The first-order chi connectivity index (χ1) is 16.5. The SMILES string of the molecule is O=C(NC1CC1)c1ccc(N2[C@@H]3CC[C@H]2C[C@@H](NC(=O)C2(c4ccc(Cl)cc4)CCC2)C3)nc1. The van der Waals surface area contributed by atoms with E-state index in [0.717, 1.165) is 69.2 Å². The summed E-state index contributed by atoms with van der Waals surface area (Å²) in [6.07, 6.45) is 10.8. The number of amides is 2. The number of rotatable bonds is 6. The molecule has 3 atom stereocenters. The van der Waals surface area contributed by atoms with Crippen molar-refractivity contribution < 1.29 is 9.59 Å². The summed E-state index contributed by atoms with van der Waals surface area (Å²) in [4.78, 5) is 32.8. The number of halogens is 1. The second-order valence-corrected chi connectivity index (χ2v) is 11.0. The average Bonchev–Trinajstić information content (AvgIpc) is 3.57. The number of hydrogen-bond acceptors (Lipinski definition) is 4. The lowest BCUT2D eigenvalue weighted by molar-refractivity contribution is -0.130. The maximum absolute atomic E-state index is 13.5. The van der Waals surface area contributed by atoms with E-state index in [1.807, 2.05) is 36.4 Å². The maximum Gasteiger partial charge on any atom is 0.253 e. The van der Waals surface area contributed by atoms with E-state index in [0.29, 0.717) is 28.7 Å². The summed E-state index contributed by atoms with van der Waals surface area (Å²) in [5.74, 6) is 1.08. The number of nitrogens with zero attached hydrogens (tertiary/aromatic N) is 2. The van der Waals surface area contributed by atoms with Crippen LogP contribution in [0.15, 0.2) is 42.6 Å². The van der Waals surface area contributed by atoms with Crippen molar-refractivity contribution in [1.29, 1.82) is 0 Å². The van der Waals surface area contributed by atoms with Gasteiger partial charge in [0.2, 0.25) is 5.91 Å². The van der Waals surface area contributed by atoms with Crippen LogP contribution in [0.5, 0.6) is 0 Å². The average molecular weight is 479 g/mol. The Balaban J connectivity index is 1.11. The molecular weight excluding hydrogens is 448 g/mol. The van der Waals surface area contributed by atoms with Gasteiger partial charge in [-0.05, 0) is 81.2 Å². The predicted molar refractivity (Wildman–Crippen MR) is 132 cm³/mol. The molecule has 3 heterocycles. The Morgan fingerprint density at radius 1 is 0.912 bits per heavy atom. The molecule has 2 aromatic rings. The molecule has 2 aliphatic carbocycles. The summed E-state index contributed by atoms with van der Waals surface area (Å²) < 4.78 is 0. The molecule has 2 amide bonds. The van der Waals surface area contributed by atoms with Gasteiger partial charge in [0.1, 0.15) is 5.82 Å². The van der Waals surface area contributed by atoms with Crippen molar-refractivity contribution in [2.75, 3.05) is 4.90 Å². The highest BCUT2D eigenvalue weighted by atomic mass is 35.5. The van der Waals surface area contributed by atoms with Gasteiger partial charge in [-0.3, -0.25) is 9.59 Å². The van der Waals surface area contributed by atoms with Crippen LogP contribution in [0, 0.1) is 0 Å². The molecule has 0 spiro atoms. The molecule has 6 rings (SSSR count). The molecule has 2 bridgehead atoms. The number of benzene rings is 1. The highest BCUT2D eigenvalue weighted by Gasteiger charge is 2.48. The Hall–Kier alpha value is -2.60. The molecule has 4 aliphatic rings. The summed E-state index contributed by atoms with van der Waals surface area (Å²) in [6, 6.07) is 12.9. The Kier molecular flexibility index (Phi) is 5.51. The second-order valence-electron chi connectivity index (χ2n) is 10.5. The van der Waals surface area contributed by atoms with E-state index in [9.17, 15) is 9.59 Å². The first-order valence-electron chi connectivity index (χ1n) is 12.6. The zero-order chi connectivity index (χ0) is 23.3. The zero-order valence-corrected chi connectivity index (χ0v) is 20.1. The smallest absolute Gasteiger partial charge is 0.253 e. The minimum Gasteiger partial charge on any atom is -0.352 e. The molecule has 0 radical (unpaired) electrons. The lowest BCUT2D eigenvalue weighted by Gasteiger charge is -2.44. The van der Waals surface area contributed by atoms with Gasteiger partial charge in [0.25, 0.3) is 5.91 Å². The van der Waals surface area contributed by atoms with Gasteiger partial charge in [-0.25, -0.2) is 4.98 Å². The van der Waals surface area contributed by atoms with Crippen LogP contribution >= 0.6 is 11.6 Å². The fraction of sp³-hybridized carbons (Fsp3) is 0.519. The fourth-order valence-electron chi connectivity index (χ4n) is 6.11. The van der Waals surface area contributed by atoms with Crippen LogP contribution in [0.1, 0.15) is 73.7 Å². The largest absolute Gasteiger partial charge is 0.352 e. The number of hydrogen-bond donors (Lipinski definition) is 2. The lowest BCUT2D eigenvalue weighted by atomic mass is 9.63. The van der Waals surface area contributed by atoms with Crippen molar-refractivity contribution in [3.63, 3.8) is 0 Å². The van der Waals surface area contributed by atoms with Crippen LogP contribution in [-0.4, -0.2) is 41.0 Å². The molecule has 4 fully saturated rings. The second kappa shape index (κ2) is 8.56. The van der Waals surface area contributed by atoms with Gasteiger partial charge in [0.05, 0.1) is 11.0 Å². The van der Waals surface area contributed by atoms with E-state index in [2.05, 4.69) is 20.5 Å². The minimum absolute atomic E-state index is 0.0310. The summed E-state index contributed by atoms with van der Waals surface area (Å²) in [5.41, 5.74) is 1.30. The van der Waals surface area contributed by atoms with Crippen LogP contribution < -0.4 is 15.5 Å². The van der Waals surface area contributed by atoms with Crippen LogP contribution in [0.3, 0.4) is 0 Å². The Labute approximate surface area is 205 Å². The van der Waals surface area contributed by atoms with E-state index < -0.39 is 5.41 Å². The molecule has 6 nitrogen and oxygen atoms in total. The molecule has 2 saturated heterocycles. The van der Waals surface area contributed by atoms with Crippen molar-refractivity contribution in [1.82, 2.24) is 15.6 Å². The molecule has 34 heavy (non-hydrogen) atoms. The molecule has 0 unspecified atom stereocenters. The Morgan fingerprint density at radius 3 is 2.18 bits per heavy atom. The fourth-order valence-corrected chi connectivity index (χ4v) is 6.23. The van der Waals surface area contributed by atoms with Crippen LogP contribution in [0.2, 0.25) is 5.02 Å². The van der Waals surface area contributed by atoms with Crippen molar-refractivity contribution >= 4 is 29.2 Å². The zero-order valence-electron chi connectivity index (χ0n) is 19.3. The number of aromatic nitrogens is 1. The van der Waals surface area contributed by atoms with Crippen molar-refractivity contribution in [3.05, 3.63) is 58.7 Å². The Morgan fingerprint density at radius 2 is 1.62 bits per heavy atom.